The first kappa shape index (κ1) is 8.94. The van der Waals surface area contributed by atoms with Crippen molar-refractivity contribution in [1.82, 2.24) is 5.32 Å². The number of alkyl carbamates (subject to hydrolysis) is 1. The number of carbonyl (C=O) groups excluding carboxylic acids is 2. The first-order chi connectivity index (χ1) is 4.45. The summed E-state index contributed by atoms with van der Waals surface area (Å²) in [7, 11) is 0. The van der Waals surface area contributed by atoms with Crippen molar-refractivity contribution in [3.05, 3.63) is 0 Å². The Kier molecular flexibility index (Phi) is 2.86. The van der Waals surface area contributed by atoms with Gasteiger partial charge in [0, 0.05) is 0 Å². The highest BCUT2D eigenvalue weighted by Gasteiger charge is 2.15. The third-order valence-electron chi connectivity index (χ3n) is 0.552. The molecule has 0 saturated carbocycles. The van der Waals surface area contributed by atoms with Crippen LogP contribution in [0.1, 0.15) is 20.8 Å². The van der Waals surface area contributed by atoms with E-state index >= 15 is 0 Å². The van der Waals surface area contributed by atoms with E-state index in [4.69, 9.17) is 0 Å². The highest BCUT2D eigenvalue weighted by atomic mass is 16.6. The second kappa shape index (κ2) is 3.20. The Bertz CT molecular complexity index is 136. The van der Waals surface area contributed by atoms with Crippen LogP contribution in [-0.4, -0.2) is 18.1 Å². The Morgan fingerprint density at radius 2 is 2.00 bits per heavy atom. The standard InChI is InChI=1S/C6H10NO3/c1-6(2,3)10-5(9)7-4-8/h1-3H3,(H,7,8,9). The van der Waals surface area contributed by atoms with Gasteiger partial charge in [-0.1, -0.05) is 0 Å². The molecule has 0 heterocycles. The largest absolute Gasteiger partial charge is 0.444 e. The van der Waals surface area contributed by atoms with Gasteiger partial charge in [-0.15, -0.1) is 0 Å². The summed E-state index contributed by atoms with van der Waals surface area (Å²) >= 11 is 0. The lowest BCUT2D eigenvalue weighted by atomic mass is 10.2. The summed E-state index contributed by atoms with van der Waals surface area (Å²) < 4.78 is 4.67. The summed E-state index contributed by atoms with van der Waals surface area (Å²) in [6.45, 7) is 5.12. The Morgan fingerprint density at radius 1 is 1.50 bits per heavy atom. The normalized spacial score (nSPS) is 10.3. The number of hydrogen-bond donors (Lipinski definition) is 1. The van der Waals surface area contributed by atoms with Gasteiger partial charge in [-0.2, -0.15) is 0 Å². The average molecular weight is 144 g/mol. The summed E-state index contributed by atoms with van der Waals surface area (Å²) in [4.78, 5) is 20.0. The van der Waals surface area contributed by atoms with E-state index in [-0.39, 0.29) is 0 Å². The fourth-order valence-corrected chi connectivity index (χ4v) is 0.345. The minimum atomic E-state index is -0.775. The van der Waals surface area contributed by atoms with Crippen LogP contribution in [0.4, 0.5) is 4.79 Å². The first-order valence-corrected chi connectivity index (χ1v) is 2.82. The van der Waals surface area contributed by atoms with E-state index in [0.717, 1.165) is 0 Å². The molecule has 0 aromatic rings. The van der Waals surface area contributed by atoms with Crippen molar-refractivity contribution in [2.75, 3.05) is 0 Å². The van der Waals surface area contributed by atoms with Crippen LogP contribution in [0.15, 0.2) is 0 Å². The Balaban J connectivity index is 3.68. The van der Waals surface area contributed by atoms with Gasteiger partial charge in [-0.25, -0.2) is 4.79 Å². The van der Waals surface area contributed by atoms with Gasteiger partial charge in [-0.05, 0) is 20.8 Å². The summed E-state index contributed by atoms with van der Waals surface area (Å²) in [6.07, 6.45) is 0.440. The van der Waals surface area contributed by atoms with Gasteiger partial charge in [0.15, 0.2) is 0 Å². The zero-order valence-corrected chi connectivity index (χ0v) is 6.22. The van der Waals surface area contributed by atoms with Crippen LogP contribution >= 0.6 is 0 Å². The number of amides is 2. The third-order valence-corrected chi connectivity index (χ3v) is 0.552. The molecule has 4 nitrogen and oxygen atoms in total. The maximum Gasteiger partial charge on any atom is 0.414 e. The van der Waals surface area contributed by atoms with Gasteiger partial charge >= 0.3 is 12.5 Å². The molecule has 57 valence electrons. The average Bonchev–Trinajstić information content (AvgIpc) is 1.59. The predicted molar refractivity (Wildman–Crippen MR) is 35.1 cm³/mol. The number of nitrogens with one attached hydrogen (secondary N) is 1. The molecule has 2 amide bonds. The molecule has 10 heavy (non-hydrogen) atoms. The van der Waals surface area contributed by atoms with E-state index in [9.17, 15) is 9.59 Å². The molecule has 0 unspecified atom stereocenters. The van der Waals surface area contributed by atoms with Crippen LogP contribution < -0.4 is 5.32 Å². The molecular formula is C6H10NO3. The van der Waals surface area contributed by atoms with Crippen LogP contribution in [0.25, 0.3) is 0 Å². The molecule has 0 aliphatic heterocycles. The molecule has 0 atom stereocenters. The summed E-state index contributed by atoms with van der Waals surface area (Å²) in [5, 5.41) is 1.74. The van der Waals surface area contributed by atoms with Crippen LogP contribution in [-0.2, 0) is 9.53 Å². The lowest BCUT2D eigenvalue weighted by molar-refractivity contribution is 0.0562. The lowest BCUT2D eigenvalue weighted by Gasteiger charge is -2.17. The highest BCUT2D eigenvalue weighted by Crippen LogP contribution is 2.05. The van der Waals surface area contributed by atoms with Gasteiger partial charge in [-0.3, -0.25) is 10.1 Å². The van der Waals surface area contributed by atoms with Crippen LogP contribution in [0.3, 0.4) is 0 Å². The maximum atomic E-state index is 10.5. The second-order valence-corrected chi connectivity index (χ2v) is 2.73. The minimum absolute atomic E-state index is 0.569. The zero-order valence-electron chi connectivity index (χ0n) is 6.22. The smallest absolute Gasteiger partial charge is 0.414 e. The second-order valence-electron chi connectivity index (χ2n) is 2.73. The van der Waals surface area contributed by atoms with Gasteiger partial charge in [0.05, 0.1) is 0 Å². The van der Waals surface area contributed by atoms with E-state index in [1.165, 1.54) is 6.41 Å². The van der Waals surface area contributed by atoms with Gasteiger partial charge in [0.1, 0.15) is 5.60 Å². The number of ether oxygens (including phenoxy) is 1. The summed E-state index contributed by atoms with van der Waals surface area (Å²) in [5.74, 6) is 0. The number of rotatable bonds is 1. The molecule has 0 spiro atoms. The zero-order chi connectivity index (χ0) is 8.20. The molecule has 0 rings (SSSR count). The molecule has 1 radical (unpaired) electrons. The third kappa shape index (κ3) is 5.08. The van der Waals surface area contributed by atoms with E-state index in [1.807, 2.05) is 0 Å². The van der Waals surface area contributed by atoms with Crippen molar-refractivity contribution in [1.29, 1.82) is 0 Å². The van der Waals surface area contributed by atoms with E-state index in [1.54, 1.807) is 26.1 Å². The highest BCUT2D eigenvalue weighted by molar-refractivity contribution is 5.80. The molecular weight excluding hydrogens is 134 g/mol. The molecule has 1 N–H and O–H groups in total. The van der Waals surface area contributed by atoms with Gasteiger partial charge in [0.2, 0.25) is 0 Å². The van der Waals surface area contributed by atoms with Crippen molar-refractivity contribution in [3.63, 3.8) is 0 Å². The maximum absolute atomic E-state index is 10.5. The topological polar surface area (TPSA) is 55.4 Å². The van der Waals surface area contributed by atoms with Gasteiger partial charge < -0.3 is 4.74 Å². The number of hydrogen-bond acceptors (Lipinski definition) is 3. The van der Waals surface area contributed by atoms with Crippen molar-refractivity contribution in [3.8, 4) is 0 Å². The molecule has 0 aromatic heterocycles. The molecule has 0 saturated heterocycles. The Morgan fingerprint density at radius 3 is 2.30 bits per heavy atom. The fraction of sp³-hybridized carbons (Fsp3) is 0.667. The van der Waals surface area contributed by atoms with E-state index in [2.05, 4.69) is 4.74 Å². The predicted octanol–water partition coefficient (Wildman–Crippen LogP) is 0.578. The molecule has 0 aliphatic rings. The van der Waals surface area contributed by atoms with E-state index in [0.29, 0.717) is 0 Å². The first-order valence-electron chi connectivity index (χ1n) is 2.82. The SMILES string of the molecule is CC(C)(C)OC(=O)N[C]=O. The Labute approximate surface area is 59.6 Å². The molecule has 4 heteroatoms. The monoisotopic (exact) mass is 144 g/mol. The lowest BCUT2D eigenvalue weighted by Crippen LogP contribution is -2.31. The number of carbonyl (C=O) groups is 1. The molecule has 0 aromatic carbocycles. The summed E-state index contributed by atoms with van der Waals surface area (Å²) in [6, 6.07) is 0. The van der Waals surface area contributed by atoms with Crippen LogP contribution in [0.2, 0.25) is 0 Å². The van der Waals surface area contributed by atoms with E-state index < -0.39 is 11.7 Å². The van der Waals surface area contributed by atoms with Gasteiger partial charge in [0.25, 0.3) is 0 Å². The molecule has 0 aliphatic carbocycles. The van der Waals surface area contributed by atoms with Crippen molar-refractivity contribution >= 4 is 12.5 Å². The molecule has 0 bridgehead atoms. The summed E-state index contributed by atoms with van der Waals surface area (Å²) in [5.41, 5.74) is -0.569. The number of imide groups is 1. The van der Waals surface area contributed by atoms with Crippen LogP contribution in [0.5, 0.6) is 0 Å². The Hall–Kier alpha value is -1.06. The fourth-order valence-electron chi connectivity index (χ4n) is 0.345. The van der Waals surface area contributed by atoms with Crippen molar-refractivity contribution < 1.29 is 14.3 Å². The van der Waals surface area contributed by atoms with Crippen molar-refractivity contribution in [2.45, 2.75) is 26.4 Å². The van der Waals surface area contributed by atoms with Crippen LogP contribution in [0, 0.1) is 0 Å². The van der Waals surface area contributed by atoms with Crippen molar-refractivity contribution in [2.24, 2.45) is 0 Å². The minimum Gasteiger partial charge on any atom is -0.444 e. The molecule has 0 fully saturated rings. The quantitative estimate of drug-likeness (QED) is 0.547.